The minimum atomic E-state index is -0.447. The van der Waals surface area contributed by atoms with Gasteiger partial charge in [-0.25, -0.2) is 0 Å². The van der Waals surface area contributed by atoms with Crippen LogP contribution in [0.5, 0.6) is 5.75 Å². The molecule has 28 heavy (non-hydrogen) atoms. The molecule has 9 heteroatoms. The lowest BCUT2D eigenvalue weighted by atomic mass is 10.2. The van der Waals surface area contributed by atoms with Crippen LogP contribution in [0.4, 0.5) is 5.69 Å². The lowest BCUT2D eigenvalue weighted by Crippen LogP contribution is -2.25. The van der Waals surface area contributed by atoms with Gasteiger partial charge in [-0.2, -0.15) is 4.37 Å². The number of benzene rings is 1. The molecule has 0 spiro atoms. The van der Waals surface area contributed by atoms with Crippen molar-refractivity contribution in [3.8, 4) is 5.75 Å². The van der Waals surface area contributed by atoms with Crippen LogP contribution in [0, 0.1) is 6.92 Å². The fourth-order valence-corrected chi connectivity index (χ4v) is 3.21. The summed E-state index contributed by atoms with van der Waals surface area (Å²) in [5, 5.41) is 5.45. The summed E-state index contributed by atoms with van der Waals surface area (Å²) in [5.74, 6) is 1.24. The van der Waals surface area contributed by atoms with E-state index in [1.807, 2.05) is 37.3 Å². The van der Waals surface area contributed by atoms with Crippen LogP contribution in [-0.2, 0) is 13.1 Å². The second-order valence-corrected chi connectivity index (χ2v) is 6.78. The molecule has 0 fully saturated rings. The number of hydrogen-bond acceptors (Lipinski definition) is 7. The first kappa shape index (κ1) is 19.4. The average molecular weight is 400 g/mol. The first-order valence-electron chi connectivity index (χ1n) is 8.47. The second-order valence-electron chi connectivity index (χ2n) is 6.00. The van der Waals surface area contributed by atoms with E-state index in [-0.39, 0.29) is 29.3 Å². The number of nitrogen functional groups attached to an aromatic ring is 1. The summed E-state index contributed by atoms with van der Waals surface area (Å²) in [6.07, 6.45) is 0. The van der Waals surface area contributed by atoms with Crippen molar-refractivity contribution in [1.82, 2.24) is 15.0 Å². The van der Waals surface area contributed by atoms with Gasteiger partial charge in [0.25, 0.3) is 11.8 Å². The Morgan fingerprint density at radius 1 is 1.18 bits per heavy atom. The molecule has 2 aromatic heterocycles. The van der Waals surface area contributed by atoms with Crippen LogP contribution in [0.2, 0.25) is 0 Å². The minimum Gasteiger partial charge on any atom is -0.497 e. The maximum atomic E-state index is 12.4. The summed E-state index contributed by atoms with van der Waals surface area (Å²) in [7, 11) is 1.58. The number of aromatic nitrogens is 1. The average Bonchev–Trinajstić information content (AvgIpc) is 3.29. The Hall–Kier alpha value is -3.33. The predicted molar refractivity (Wildman–Crippen MR) is 105 cm³/mol. The minimum absolute atomic E-state index is 0.0342. The highest BCUT2D eigenvalue weighted by Gasteiger charge is 2.22. The molecule has 3 aromatic rings. The smallest absolute Gasteiger partial charge is 0.273 e. The van der Waals surface area contributed by atoms with Gasteiger partial charge in [-0.3, -0.25) is 9.59 Å². The molecule has 0 unspecified atom stereocenters. The molecule has 0 atom stereocenters. The predicted octanol–water partition coefficient (Wildman–Crippen LogP) is 2.50. The Morgan fingerprint density at radius 2 is 1.96 bits per heavy atom. The summed E-state index contributed by atoms with van der Waals surface area (Å²) in [5.41, 5.74) is 6.94. The molecule has 1 aromatic carbocycles. The second kappa shape index (κ2) is 8.57. The lowest BCUT2D eigenvalue weighted by molar-refractivity contribution is 0.0946. The van der Waals surface area contributed by atoms with Gasteiger partial charge in [0.2, 0.25) is 0 Å². The normalized spacial score (nSPS) is 10.5. The summed E-state index contributed by atoms with van der Waals surface area (Å²) in [6, 6.07) is 10.9. The summed E-state index contributed by atoms with van der Waals surface area (Å²) in [6.45, 7) is 2.33. The van der Waals surface area contributed by atoms with Gasteiger partial charge in [-0.1, -0.05) is 12.1 Å². The molecule has 146 valence electrons. The standard InChI is InChI=1S/C19H20N4O4S/c1-11-6-7-14(27-11)10-22-19(25)17-15(20)16(23-28-17)18(24)21-9-12-4-3-5-13(8-12)26-2/h3-8H,9-10,20H2,1-2H3,(H,21,24)(H,22,25). The third-order valence-electron chi connectivity index (χ3n) is 3.96. The molecule has 2 amide bonds. The molecule has 2 heterocycles. The first-order chi connectivity index (χ1) is 13.5. The van der Waals surface area contributed by atoms with Crippen LogP contribution in [-0.4, -0.2) is 23.3 Å². The van der Waals surface area contributed by atoms with Crippen LogP contribution >= 0.6 is 11.5 Å². The molecular formula is C19H20N4O4S. The number of ether oxygens (including phenoxy) is 1. The van der Waals surface area contributed by atoms with Crippen molar-refractivity contribution >= 4 is 29.0 Å². The van der Waals surface area contributed by atoms with Gasteiger partial charge >= 0.3 is 0 Å². The van der Waals surface area contributed by atoms with Gasteiger partial charge < -0.3 is 25.5 Å². The number of anilines is 1. The molecule has 0 aliphatic carbocycles. The molecule has 0 aliphatic heterocycles. The van der Waals surface area contributed by atoms with E-state index >= 15 is 0 Å². The number of nitrogens with two attached hydrogens (primary N) is 1. The fraction of sp³-hybridized carbons (Fsp3) is 0.211. The van der Waals surface area contributed by atoms with E-state index in [1.165, 1.54) is 0 Å². The van der Waals surface area contributed by atoms with Gasteiger partial charge in [0.05, 0.1) is 19.3 Å². The highest BCUT2D eigenvalue weighted by molar-refractivity contribution is 7.09. The highest BCUT2D eigenvalue weighted by Crippen LogP contribution is 2.22. The maximum absolute atomic E-state index is 12.4. The first-order valence-corrected chi connectivity index (χ1v) is 9.25. The SMILES string of the molecule is COc1cccc(CNC(=O)c2nsc(C(=O)NCc3ccc(C)o3)c2N)c1. The number of hydrogen-bond donors (Lipinski definition) is 3. The van der Waals surface area contributed by atoms with E-state index < -0.39 is 11.8 Å². The number of amides is 2. The number of furan rings is 1. The number of carbonyl (C=O) groups is 2. The lowest BCUT2D eigenvalue weighted by Gasteiger charge is -2.06. The zero-order valence-electron chi connectivity index (χ0n) is 15.4. The fourth-order valence-electron chi connectivity index (χ4n) is 2.50. The summed E-state index contributed by atoms with van der Waals surface area (Å²) in [4.78, 5) is 24.9. The van der Waals surface area contributed by atoms with Crippen molar-refractivity contribution in [3.63, 3.8) is 0 Å². The van der Waals surface area contributed by atoms with E-state index in [0.29, 0.717) is 11.5 Å². The number of carbonyl (C=O) groups excluding carboxylic acids is 2. The van der Waals surface area contributed by atoms with Crippen molar-refractivity contribution in [1.29, 1.82) is 0 Å². The van der Waals surface area contributed by atoms with Crippen molar-refractivity contribution in [3.05, 3.63) is 64.1 Å². The zero-order valence-corrected chi connectivity index (χ0v) is 16.3. The summed E-state index contributed by atoms with van der Waals surface area (Å²) >= 11 is 0.882. The number of aryl methyl sites for hydroxylation is 1. The van der Waals surface area contributed by atoms with Crippen LogP contribution < -0.4 is 21.1 Å². The van der Waals surface area contributed by atoms with Gasteiger partial charge in [-0.15, -0.1) is 0 Å². The molecule has 0 saturated heterocycles. The topological polar surface area (TPSA) is 119 Å². The Bertz CT molecular complexity index is 995. The molecule has 0 bridgehead atoms. The monoisotopic (exact) mass is 400 g/mol. The molecule has 4 N–H and O–H groups in total. The van der Waals surface area contributed by atoms with Gasteiger partial charge in [-0.05, 0) is 48.3 Å². The van der Waals surface area contributed by atoms with Gasteiger partial charge in [0.15, 0.2) is 5.69 Å². The summed E-state index contributed by atoms with van der Waals surface area (Å²) < 4.78 is 14.6. The molecular weight excluding hydrogens is 380 g/mol. The van der Waals surface area contributed by atoms with Crippen molar-refractivity contribution in [2.45, 2.75) is 20.0 Å². The number of nitrogens with zero attached hydrogens (tertiary/aromatic N) is 1. The molecule has 0 radical (unpaired) electrons. The number of methoxy groups -OCH3 is 1. The Kier molecular flexibility index (Phi) is 5.95. The highest BCUT2D eigenvalue weighted by atomic mass is 32.1. The third-order valence-corrected chi connectivity index (χ3v) is 4.82. The van der Waals surface area contributed by atoms with Gasteiger partial charge in [0.1, 0.15) is 22.1 Å². The zero-order chi connectivity index (χ0) is 20.1. The van der Waals surface area contributed by atoms with Crippen LogP contribution in [0.25, 0.3) is 0 Å². The molecule has 0 aliphatic rings. The Balaban J connectivity index is 1.61. The number of rotatable bonds is 7. The largest absolute Gasteiger partial charge is 0.497 e. The van der Waals surface area contributed by atoms with Crippen molar-refractivity contribution in [2.75, 3.05) is 12.8 Å². The van der Waals surface area contributed by atoms with Gasteiger partial charge in [0, 0.05) is 6.54 Å². The van der Waals surface area contributed by atoms with Crippen molar-refractivity contribution < 1.29 is 18.7 Å². The third kappa shape index (κ3) is 4.49. The van der Waals surface area contributed by atoms with E-state index in [9.17, 15) is 9.59 Å². The number of nitrogens with one attached hydrogen (secondary N) is 2. The van der Waals surface area contributed by atoms with Crippen molar-refractivity contribution in [2.24, 2.45) is 0 Å². The van der Waals surface area contributed by atoms with E-state index in [0.717, 1.165) is 22.9 Å². The molecule has 3 rings (SSSR count). The van der Waals surface area contributed by atoms with E-state index in [1.54, 1.807) is 13.2 Å². The van der Waals surface area contributed by atoms with Crippen LogP contribution in [0.15, 0.2) is 40.8 Å². The van der Waals surface area contributed by atoms with E-state index in [2.05, 4.69) is 15.0 Å². The maximum Gasteiger partial charge on any atom is 0.273 e. The Morgan fingerprint density at radius 3 is 2.68 bits per heavy atom. The van der Waals surface area contributed by atoms with E-state index in [4.69, 9.17) is 14.9 Å². The quantitative estimate of drug-likeness (QED) is 0.561. The molecule has 8 nitrogen and oxygen atoms in total. The van der Waals surface area contributed by atoms with Crippen LogP contribution in [0.3, 0.4) is 0 Å². The Labute approximate surface area is 165 Å². The van der Waals surface area contributed by atoms with Crippen LogP contribution in [0.1, 0.15) is 37.2 Å². The molecule has 0 saturated carbocycles.